The molecule has 0 atom stereocenters. The molecule has 0 bridgehead atoms. The van der Waals surface area contributed by atoms with Crippen molar-refractivity contribution >= 4 is 17.6 Å². The van der Waals surface area contributed by atoms with E-state index in [1.54, 1.807) is 6.07 Å². The molecule has 0 fully saturated rings. The minimum Gasteiger partial charge on any atom is -0.465 e. The van der Waals surface area contributed by atoms with Crippen LogP contribution in [-0.2, 0) is 11.3 Å². The molecular weight excluding hydrogens is 244 g/mol. The molecule has 0 unspecified atom stereocenters. The molecule has 0 amide bonds. The molecule has 1 aliphatic heterocycles. The summed E-state index contributed by atoms with van der Waals surface area (Å²) in [5, 5.41) is 4.17. The van der Waals surface area contributed by atoms with Gasteiger partial charge in [0.2, 0.25) is 5.95 Å². The van der Waals surface area contributed by atoms with Gasteiger partial charge >= 0.3 is 5.97 Å². The number of aromatic nitrogens is 3. The van der Waals surface area contributed by atoms with Crippen LogP contribution in [0.5, 0.6) is 0 Å². The molecule has 0 radical (unpaired) electrons. The van der Waals surface area contributed by atoms with E-state index >= 15 is 0 Å². The highest BCUT2D eigenvalue weighted by atomic mass is 16.5. The number of carbonyl (C=O) groups excluding carboxylic acids is 1. The van der Waals surface area contributed by atoms with Crippen LogP contribution in [0.4, 0.5) is 11.6 Å². The first-order chi connectivity index (χ1) is 9.31. The minimum atomic E-state index is -0.341. The second-order valence-corrected chi connectivity index (χ2v) is 4.30. The van der Waals surface area contributed by atoms with Gasteiger partial charge in [-0.1, -0.05) is 12.1 Å². The monoisotopic (exact) mass is 258 g/mol. The average Bonchev–Trinajstić information content (AvgIpc) is 2.94. The number of esters is 1. The average molecular weight is 258 g/mol. The predicted molar refractivity (Wildman–Crippen MR) is 69.4 cm³/mol. The second kappa shape index (κ2) is 4.72. The maximum atomic E-state index is 11.8. The Labute approximate surface area is 110 Å². The molecule has 19 heavy (non-hydrogen) atoms. The summed E-state index contributed by atoms with van der Waals surface area (Å²) in [6.45, 7) is 1.67. The summed E-state index contributed by atoms with van der Waals surface area (Å²) >= 11 is 0. The van der Waals surface area contributed by atoms with Crippen molar-refractivity contribution in [2.24, 2.45) is 0 Å². The number of methoxy groups -OCH3 is 1. The first-order valence-electron chi connectivity index (χ1n) is 6.14. The lowest BCUT2D eigenvalue weighted by Gasteiger charge is -2.29. The maximum absolute atomic E-state index is 11.8. The second-order valence-electron chi connectivity index (χ2n) is 4.30. The van der Waals surface area contributed by atoms with E-state index in [2.05, 4.69) is 10.1 Å². The fourth-order valence-corrected chi connectivity index (χ4v) is 2.32. The SMILES string of the molecule is COC(=O)c1ccccc1N1CCCn2ncnc21. The number of ether oxygens (including phenoxy) is 1. The summed E-state index contributed by atoms with van der Waals surface area (Å²) in [5.41, 5.74) is 1.35. The highest BCUT2D eigenvalue weighted by Gasteiger charge is 2.24. The summed E-state index contributed by atoms with van der Waals surface area (Å²) in [5.74, 6) is 0.426. The highest BCUT2D eigenvalue weighted by molar-refractivity contribution is 5.96. The highest BCUT2D eigenvalue weighted by Crippen LogP contribution is 2.30. The van der Waals surface area contributed by atoms with Crippen molar-refractivity contribution in [3.63, 3.8) is 0 Å². The molecule has 6 nitrogen and oxygen atoms in total. The van der Waals surface area contributed by atoms with Crippen LogP contribution in [0.1, 0.15) is 16.8 Å². The van der Waals surface area contributed by atoms with Crippen molar-refractivity contribution < 1.29 is 9.53 Å². The zero-order valence-corrected chi connectivity index (χ0v) is 10.6. The van der Waals surface area contributed by atoms with Gasteiger partial charge in [0, 0.05) is 13.1 Å². The Kier molecular flexibility index (Phi) is 2.91. The molecule has 0 saturated heterocycles. The Balaban J connectivity index is 2.07. The molecule has 1 aromatic carbocycles. The Morgan fingerprint density at radius 1 is 1.32 bits per heavy atom. The van der Waals surface area contributed by atoms with Crippen molar-refractivity contribution in [3.05, 3.63) is 36.2 Å². The van der Waals surface area contributed by atoms with Crippen molar-refractivity contribution in [1.82, 2.24) is 14.8 Å². The normalized spacial score (nSPS) is 14.1. The largest absolute Gasteiger partial charge is 0.465 e. The first-order valence-corrected chi connectivity index (χ1v) is 6.14. The van der Waals surface area contributed by atoms with Gasteiger partial charge in [0.15, 0.2) is 0 Å². The van der Waals surface area contributed by atoms with E-state index in [0.29, 0.717) is 5.56 Å². The maximum Gasteiger partial charge on any atom is 0.339 e. The number of fused-ring (bicyclic) bond motifs is 1. The molecule has 0 saturated carbocycles. The van der Waals surface area contributed by atoms with E-state index in [0.717, 1.165) is 31.1 Å². The Morgan fingerprint density at radius 3 is 3.00 bits per heavy atom. The summed E-state index contributed by atoms with van der Waals surface area (Å²) < 4.78 is 6.67. The van der Waals surface area contributed by atoms with Gasteiger partial charge in [-0.25, -0.2) is 9.48 Å². The van der Waals surface area contributed by atoms with Gasteiger partial charge in [0.05, 0.1) is 18.4 Å². The third kappa shape index (κ3) is 1.95. The molecule has 0 aliphatic carbocycles. The Morgan fingerprint density at radius 2 is 2.16 bits per heavy atom. The number of para-hydroxylation sites is 1. The van der Waals surface area contributed by atoms with Gasteiger partial charge < -0.3 is 9.64 Å². The molecule has 2 heterocycles. The summed E-state index contributed by atoms with van der Waals surface area (Å²) in [4.78, 5) is 18.1. The number of hydrogen-bond donors (Lipinski definition) is 0. The van der Waals surface area contributed by atoms with Crippen molar-refractivity contribution in [2.45, 2.75) is 13.0 Å². The van der Waals surface area contributed by atoms with E-state index in [1.165, 1.54) is 13.4 Å². The van der Waals surface area contributed by atoms with Crippen molar-refractivity contribution in [3.8, 4) is 0 Å². The third-order valence-electron chi connectivity index (χ3n) is 3.19. The number of rotatable bonds is 2. The van der Waals surface area contributed by atoms with Gasteiger partial charge in [-0.15, -0.1) is 0 Å². The molecule has 0 N–H and O–H groups in total. The van der Waals surface area contributed by atoms with Crippen molar-refractivity contribution in [2.75, 3.05) is 18.6 Å². The smallest absolute Gasteiger partial charge is 0.339 e. The summed E-state index contributed by atoms with van der Waals surface area (Å²) in [7, 11) is 1.39. The Bertz CT molecular complexity index is 608. The Hall–Kier alpha value is -2.37. The lowest BCUT2D eigenvalue weighted by Crippen LogP contribution is -2.30. The lowest BCUT2D eigenvalue weighted by molar-refractivity contribution is 0.0601. The number of hydrogen-bond acceptors (Lipinski definition) is 5. The summed E-state index contributed by atoms with van der Waals surface area (Å²) in [6, 6.07) is 7.38. The zero-order valence-electron chi connectivity index (χ0n) is 10.6. The van der Waals surface area contributed by atoms with Crippen LogP contribution in [0.3, 0.4) is 0 Å². The molecule has 1 aliphatic rings. The van der Waals surface area contributed by atoms with Crippen molar-refractivity contribution in [1.29, 1.82) is 0 Å². The van der Waals surface area contributed by atoms with Gasteiger partial charge in [-0.05, 0) is 18.6 Å². The van der Waals surface area contributed by atoms with Crippen LogP contribution in [0.25, 0.3) is 0 Å². The summed E-state index contributed by atoms with van der Waals surface area (Å²) in [6.07, 6.45) is 2.50. The lowest BCUT2D eigenvalue weighted by atomic mass is 10.1. The van der Waals surface area contributed by atoms with Crippen LogP contribution >= 0.6 is 0 Å². The van der Waals surface area contributed by atoms with E-state index in [9.17, 15) is 4.79 Å². The van der Waals surface area contributed by atoms with Gasteiger partial charge in [0.25, 0.3) is 0 Å². The van der Waals surface area contributed by atoms with E-state index in [4.69, 9.17) is 4.74 Å². The minimum absolute atomic E-state index is 0.341. The van der Waals surface area contributed by atoms with Gasteiger partial charge in [-0.3, -0.25) is 0 Å². The predicted octanol–water partition coefficient (Wildman–Crippen LogP) is 1.61. The number of nitrogens with zero attached hydrogens (tertiary/aromatic N) is 4. The number of benzene rings is 1. The topological polar surface area (TPSA) is 60.2 Å². The zero-order chi connectivity index (χ0) is 13.2. The van der Waals surface area contributed by atoms with Gasteiger partial charge in [-0.2, -0.15) is 10.1 Å². The first kappa shape index (κ1) is 11.7. The fourth-order valence-electron chi connectivity index (χ4n) is 2.32. The van der Waals surface area contributed by atoms with Crippen LogP contribution < -0.4 is 4.90 Å². The molecule has 0 spiro atoms. The van der Waals surface area contributed by atoms with E-state index < -0.39 is 0 Å². The van der Waals surface area contributed by atoms with Crippen LogP contribution in [0, 0.1) is 0 Å². The number of carbonyl (C=O) groups is 1. The number of anilines is 2. The van der Waals surface area contributed by atoms with Crippen LogP contribution in [0.2, 0.25) is 0 Å². The van der Waals surface area contributed by atoms with Crippen LogP contribution in [-0.4, -0.2) is 34.4 Å². The molecule has 6 heteroatoms. The van der Waals surface area contributed by atoms with E-state index in [1.807, 2.05) is 27.8 Å². The fraction of sp³-hybridized carbons (Fsp3) is 0.308. The third-order valence-corrected chi connectivity index (χ3v) is 3.19. The quantitative estimate of drug-likeness (QED) is 0.766. The molecule has 1 aromatic heterocycles. The van der Waals surface area contributed by atoms with E-state index in [-0.39, 0.29) is 5.97 Å². The van der Waals surface area contributed by atoms with Crippen LogP contribution in [0.15, 0.2) is 30.6 Å². The number of aryl methyl sites for hydroxylation is 1. The van der Waals surface area contributed by atoms with Gasteiger partial charge in [0.1, 0.15) is 6.33 Å². The standard InChI is InChI=1S/C13H14N4O2/c1-19-12(18)10-5-2-3-6-11(10)16-7-4-8-17-13(16)14-9-15-17/h2-3,5-6,9H,4,7-8H2,1H3. The molecule has 98 valence electrons. The molecular formula is C13H14N4O2. The molecule has 2 aromatic rings. The molecule has 3 rings (SSSR count).